The van der Waals surface area contributed by atoms with Crippen LogP contribution in [-0.4, -0.2) is 42.8 Å². The second-order valence-electron chi connectivity index (χ2n) is 4.84. The number of hydrogen-bond donors (Lipinski definition) is 1. The SMILES string of the molecule is CC(C1CCCO1)N(C)C1CC(N)C1. The van der Waals surface area contributed by atoms with E-state index in [-0.39, 0.29) is 0 Å². The summed E-state index contributed by atoms with van der Waals surface area (Å²) in [5.74, 6) is 0. The zero-order valence-corrected chi connectivity index (χ0v) is 9.28. The van der Waals surface area contributed by atoms with Crippen molar-refractivity contribution in [2.24, 2.45) is 5.73 Å². The molecule has 1 saturated carbocycles. The highest BCUT2D eigenvalue weighted by Crippen LogP contribution is 2.27. The normalized spacial score (nSPS) is 39.9. The summed E-state index contributed by atoms with van der Waals surface area (Å²) in [6, 6.07) is 1.69. The van der Waals surface area contributed by atoms with Gasteiger partial charge in [-0.05, 0) is 39.7 Å². The molecule has 2 atom stereocenters. The van der Waals surface area contributed by atoms with Gasteiger partial charge in [-0.3, -0.25) is 4.90 Å². The lowest BCUT2D eigenvalue weighted by molar-refractivity contribution is 0.00504. The van der Waals surface area contributed by atoms with Crippen molar-refractivity contribution in [3.05, 3.63) is 0 Å². The summed E-state index contributed by atoms with van der Waals surface area (Å²) in [5.41, 5.74) is 5.80. The molecule has 3 nitrogen and oxygen atoms in total. The number of likely N-dealkylation sites (N-methyl/N-ethyl adjacent to an activating group) is 1. The minimum atomic E-state index is 0.444. The fourth-order valence-electron chi connectivity index (χ4n) is 2.54. The highest BCUT2D eigenvalue weighted by atomic mass is 16.5. The Morgan fingerprint density at radius 1 is 1.43 bits per heavy atom. The van der Waals surface area contributed by atoms with Gasteiger partial charge in [-0.1, -0.05) is 0 Å². The maximum Gasteiger partial charge on any atom is 0.0728 e. The van der Waals surface area contributed by atoms with Crippen LogP contribution in [0.4, 0.5) is 0 Å². The number of ether oxygens (including phenoxy) is 1. The van der Waals surface area contributed by atoms with Gasteiger partial charge in [-0.15, -0.1) is 0 Å². The first-order valence-electron chi connectivity index (χ1n) is 5.77. The number of nitrogens with zero attached hydrogens (tertiary/aromatic N) is 1. The van der Waals surface area contributed by atoms with Crippen LogP contribution in [-0.2, 0) is 4.74 Å². The van der Waals surface area contributed by atoms with Crippen LogP contribution in [0.3, 0.4) is 0 Å². The fourth-order valence-corrected chi connectivity index (χ4v) is 2.54. The zero-order valence-electron chi connectivity index (χ0n) is 9.28. The largest absolute Gasteiger partial charge is 0.377 e. The van der Waals surface area contributed by atoms with E-state index < -0.39 is 0 Å². The first-order valence-corrected chi connectivity index (χ1v) is 5.77. The minimum Gasteiger partial charge on any atom is -0.377 e. The van der Waals surface area contributed by atoms with Crippen molar-refractivity contribution in [3.8, 4) is 0 Å². The molecule has 3 heteroatoms. The average molecular weight is 198 g/mol. The molecule has 0 bridgehead atoms. The molecule has 0 aromatic carbocycles. The van der Waals surface area contributed by atoms with E-state index in [1.807, 2.05) is 0 Å². The molecule has 0 spiro atoms. The van der Waals surface area contributed by atoms with Crippen LogP contribution in [0.1, 0.15) is 32.6 Å². The zero-order chi connectivity index (χ0) is 10.1. The Morgan fingerprint density at radius 3 is 2.64 bits per heavy atom. The summed E-state index contributed by atoms with van der Waals surface area (Å²) in [4.78, 5) is 2.46. The van der Waals surface area contributed by atoms with E-state index in [0.717, 1.165) is 19.4 Å². The molecule has 0 amide bonds. The molecule has 1 saturated heterocycles. The van der Waals surface area contributed by atoms with Gasteiger partial charge in [0.25, 0.3) is 0 Å². The fraction of sp³-hybridized carbons (Fsp3) is 1.00. The summed E-state index contributed by atoms with van der Waals surface area (Å²) in [7, 11) is 2.21. The van der Waals surface area contributed by atoms with Gasteiger partial charge in [0.05, 0.1) is 6.10 Å². The van der Waals surface area contributed by atoms with Crippen molar-refractivity contribution in [3.63, 3.8) is 0 Å². The second-order valence-corrected chi connectivity index (χ2v) is 4.84. The lowest BCUT2D eigenvalue weighted by atomic mass is 9.85. The van der Waals surface area contributed by atoms with Gasteiger partial charge >= 0.3 is 0 Å². The van der Waals surface area contributed by atoms with Crippen molar-refractivity contribution in [2.75, 3.05) is 13.7 Å². The highest BCUT2D eigenvalue weighted by molar-refractivity contribution is 4.92. The third kappa shape index (κ3) is 1.95. The van der Waals surface area contributed by atoms with Crippen LogP contribution in [0.2, 0.25) is 0 Å². The Hall–Kier alpha value is -0.120. The molecule has 82 valence electrons. The Morgan fingerprint density at radius 2 is 2.14 bits per heavy atom. The molecule has 2 aliphatic rings. The van der Waals surface area contributed by atoms with Crippen LogP contribution in [0, 0.1) is 0 Å². The smallest absolute Gasteiger partial charge is 0.0728 e. The molecule has 0 radical (unpaired) electrons. The van der Waals surface area contributed by atoms with E-state index >= 15 is 0 Å². The Bertz CT molecular complexity index is 186. The Kier molecular flexibility index (Phi) is 3.10. The van der Waals surface area contributed by atoms with Crippen LogP contribution < -0.4 is 5.73 Å². The summed E-state index contributed by atoms with van der Waals surface area (Å²) in [6.45, 7) is 3.23. The molecule has 0 aromatic rings. The van der Waals surface area contributed by atoms with Crippen LogP contribution >= 0.6 is 0 Å². The average Bonchev–Trinajstić information content (AvgIpc) is 2.63. The first kappa shape index (κ1) is 10.4. The molecule has 1 aliphatic heterocycles. The van der Waals surface area contributed by atoms with Crippen molar-refractivity contribution < 1.29 is 4.74 Å². The van der Waals surface area contributed by atoms with Crippen molar-refractivity contribution in [2.45, 2.75) is 56.8 Å². The topological polar surface area (TPSA) is 38.5 Å². The minimum absolute atomic E-state index is 0.444. The molecular weight excluding hydrogens is 176 g/mol. The van der Waals surface area contributed by atoms with Crippen LogP contribution in [0.15, 0.2) is 0 Å². The van der Waals surface area contributed by atoms with Crippen molar-refractivity contribution in [1.29, 1.82) is 0 Å². The first-order chi connectivity index (χ1) is 6.68. The lowest BCUT2D eigenvalue weighted by Gasteiger charge is -2.43. The summed E-state index contributed by atoms with van der Waals surface area (Å²) in [5, 5.41) is 0. The predicted molar refractivity (Wildman–Crippen MR) is 57.2 cm³/mol. The summed E-state index contributed by atoms with van der Waals surface area (Å²) >= 11 is 0. The molecule has 14 heavy (non-hydrogen) atoms. The molecule has 1 heterocycles. The number of nitrogens with two attached hydrogens (primary N) is 1. The van der Waals surface area contributed by atoms with Crippen molar-refractivity contribution >= 4 is 0 Å². The van der Waals surface area contributed by atoms with E-state index in [1.54, 1.807) is 0 Å². The molecule has 2 unspecified atom stereocenters. The number of rotatable bonds is 3. The summed E-state index contributed by atoms with van der Waals surface area (Å²) in [6.07, 6.45) is 5.23. The molecular formula is C11H22N2O. The maximum absolute atomic E-state index is 5.80. The Balaban J connectivity index is 1.81. The molecule has 0 aromatic heterocycles. The molecule has 2 fully saturated rings. The van der Waals surface area contributed by atoms with Gasteiger partial charge in [-0.25, -0.2) is 0 Å². The van der Waals surface area contributed by atoms with E-state index in [9.17, 15) is 0 Å². The van der Waals surface area contributed by atoms with Crippen LogP contribution in [0.25, 0.3) is 0 Å². The van der Waals surface area contributed by atoms with E-state index in [4.69, 9.17) is 10.5 Å². The van der Waals surface area contributed by atoms with Crippen LogP contribution in [0.5, 0.6) is 0 Å². The van der Waals surface area contributed by atoms with E-state index in [1.165, 1.54) is 12.8 Å². The second kappa shape index (κ2) is 4.17. The highest BCUT2D eigenvalue weighted by Gasteiger charge is 2.35. The van der Waals surface area contributed by atoms with E-state index in [2.05, 4.69) is 18.9 Å². The summed E-state index contributed by atoms with van der Waals surface area (Å²) < 4.78 is 5.71. The lowest BCUT2D eigenvalue weighted by Crippen LogP contribution is -2.54. The molecule has 1 aliphatic carbocycles. The Labute approximate surface area is 86.6 Å². The van der Waals surface area contributed by atoms with Gasteiger partial charge in [0.15, 0.2) is 0 Å². The standard InChI is InChI=1S/C11H22N2O/c1-8(11-4-3-5-14-11)13(2)10-6-9(12)7-10/h8-11H,3-7,12H2,1-2H3. The number of hydrogen-bond acceptors (Lipinski definition) is 3. The predicted octanol–water partition coefficient (Wildman–Crippen LogP) is 0.975. The van der Waals surface area contributed by atoms with Gasteiger partial charge in [-0.2, -0.15) is 0 Å². The van der Waals surface area contributed by atoms with Crippen molar-refractivity contribution in [1.82, 2.24) is 4.90 Å². The monoisotopic (exact) mass is 198 g/mol. The van der Waals surface area contributed by atoms with Gasteiger partial charge < -0.3 is 10.5 Å². The third-order valence-corrected chi connectivity index (χ3v) is 3.87. The van der Waals surface area contributed by atoms with Gasteiger partial charge in [0.1, 0.15) is 0 Å². The quantitative estimate of drug-likeness (QED) is 0.734. The van der Waals surface area contributed by atoms with Gasteiger partial charge in [0, 0.05) is 24.7 Å². The molecule has 2 N–H and O–H groups in total. The third-order valence-electron chi connectivity index (χ3n) is 3.87. The van der Waals surface area contributed by atoms with Gasteiger partial charge in [0.2, 0.25) is 0 Å². The molecule has 2 rings (SSSR count). The maximum atomic E-state index is 5.80. The van der Waals surface area contributed by atoms with E-state index in [0.29, 0.717) is 24.2 Å².